The molecular formula is C11H12N6. The third-order valence-electron chi connectivity index (χ3n) is 2.41. The standard InChI is InChI=1S/C11H12N6/c12-15-13-7-1-2-10-3-5-11(6-4-10)17-9-8-14-16-17/h3-6,8-9H,1-2,7H2. The van der Waals surface area contributed by atoms with Gasteiger partial charge in [0.2, 0.25) is 0 Å². The van der Waals surface area contributed by atoms with E-state index in [0.717, 1.165) is 18.5 Å². The van der Waals surface area contributed by atoms with E-state index in [0.29, 0.717) is 6.54 Å². The van der Waals surface area contributed by atoms with Gasteiger partial charge in [0.25, 0.3) is 0 Å². The number of aromatic nitrogens is 3. The van der Waals surface area contributed by atoms with Crippen molar-refractivity contribution in [2.24, 2.45) is 5.11 Å². The minimum absolute atomic E-state index is 0.543. The van der Waals surface area contributed by atoms with E-state index in [1.807, 2.05) is 24.3 Å². The first-order valence-electron chi connectivity index (χ1n) is 5.36. The Kier molecular flexibility index (Phi) is 3.72. The van der Waals surface area contributed by atoms with Crippen molar-refractivity contribution in [2.45, 2.75) is 12.8 Å². The fraction of sp³-hybridized carbons (Fsp3) is 0.273. The lowest BCUT2D eigenvalue weighted by molar-refractivity contribution is 0.799. The fourth-order valence-electron chi connectivity index (χ4n) is 1.56. The SMILES string of the molecule is [N-]=[N+]=NCCCc1ccc(-n2ccnn2)cc1. The molecule has 86 valence electrons. The number of benzene rings is 1. The minimum Gasteiger partial charge on any atom is -0.221 e. The first kappa shape index (κ1) is 11.2. The molecule has 6 nitrogen and oxygen atoms in total. The molecule has 0 aliphatic heterocycles. The Balaban J connectivity index is 1.96. The van der Waals surface area contributed by atoms with Gasteiger partial charge in [-0.2, -0.15) is 0 Å². The van der Waals surface area contributed by atoms with Crippen molar-refractivity contribution < 1.29 is 0 Å². The van der Waals surface area contributed by atoms with Crippen LogP contribution in [0.4, 0.5) is 0 Å². The van der Waals surface area contributed by atoms with Crippen molar-refractivity contribution in [3.63, 3.8) is 0 Å². The van der Waals surface area contributed by atoms with Crippen LogP contribution in [0.25, 0.3) is 16.1 Å². The van der Waals surface area contributed by atoms with Gasteiger partial charge in [0.15, 0.2) is 0 Å². The predicted molar refractivity (Wildman–Crippen MR) is 63.7 cm³/mol. The normalized spacial score (nSPS) is 9.88. The van der Waals surface area contributed by atoms with Gasteiger partial charge in [-0.15, -0.1) is 5.10 Å². The van der Waals surface area contributed by atoms with E-state index < -0.39 is 0 Å². The Bertz CT molecular complexity index is 495. The zero-order valence-electron chi connectivity index (χ0n) is 9.27. The third-order valence-corrected chi connectivity index (χ3v) is 2.41. The summed E-state index contributed by atoms with van der Waals surface area (Å²) < 4.78 is 1.71. The highest BCUT2D eigenvalue weighted by molar-refractivity contribution is 5.33. The third kappa shape index (κ3) is 3.06. The van der Waals surface area contributed by atoms with Crippen LogP contribution in [0.5, 0.6) is 0 Å². The lowest BCUT2D eigenvalue weighted by atomic mass is 10.1. The van der Waals surface area contributed by atoms with E-state index in [9.17, 15) is 0 Å². The first-order valence-corrected chi connectivity index (χ1v) is 5.36. The second-order valence-electron chi connectivity index (χ2n) is 3.57. The molecular weight excluding hydrogens is 216 g/mol. The molecule has 0 unspecified atom stereocenters. The molecule has 0 saturated carbocycles. The van der Waals surface area contributed by atoms with E-state index in [4.69, 9.17) is 5.53 Å². The number of hydrogen-bond donors (Lipinski definition) is 0. The van der Waals surface area contributed by atoms with Gasteiger partial charge in [0, 0.05) is 11.5 Å². The summed E-state index contributed by atoms with van der Waals surface area (Å²) in [6, 6.07) is 8.09. The summed E-state index contributed by atoms with van der Waals surface area (Å²) in [5.74, 6) is 0. The molecule has 0 spiro atoms. The summed E-state index contributed by atoms with van der Waals surface area (Å²) in [4.78, 5) is 2.72. The van der Waals surface area contributed by atoms with Crippen LogP contribution in [0, 0.1) is 0 Å². The van der Waals surface area contributed by atoms with E-state index in [1.165, 1.54) is 5.56 Å². The molecule has 1 aromatic carbocycles. The monoisotopic (exact) mass is 228 g/mol. The van der Waals surface area contributed by atoms with E-state index >= 15 is 0 Å². The molecule has 0 aliphatic carbocycles. The molecule has 0 saturated heterocycles. The average Bonchev–Trinajstić information content (AvgIpc) is 2.89. The summed E-state index contributed by atoms with van der Waals surface area (Å²) in [5, 5.41) is 11.2. The van der Waals surface area contributed by atoms with Crippen molar-refractivity contribution in [1.29, 1.82) is 0 Å². The Labute approximate surface area is 98.5 Å². The number of azide groups is 1. The lowest BCUT2D eigenvalue weighted by Crippen LogP contribution is -1.95. The molecule has 0 bridgehead atoms. The van der Waals surface area contributed by atoms with Gasteiger partial charge in [0.05, 0.1) is 18.1 Å². The van der Waals surface area contributed by atoms with Crippen LogP contribution in [0.2, 0.25) is 0 Å². The predicted octanol–water partition coefficient (Wildman–Crippen LogP) is 2.51. The van der Waals surface area contributed by atoms with Gasteiger partial charge in [-0.05, 0) is 36.1 Å². The van der Waals surface area contributed by atoms with E-state index in [1.54, 1.807) is 17.1 Å². The summed E-state index contributed by atoms with van der Waals surface area (Å²) in [6.45, 7) is 0.543. The zero-order chi connectivity index (χ0) is 11.9. The number of aryl methyl sites for hydroxylation is 1. The number of hydrogen-bond acceptors (Lipinski definition) is 3. The molecule has 0 fully saturated rings. The molecule has 0 aliphatic rings. The number of rotatable bonds is 5. The largest absolute Gasteiger partial charge is 0.221 e. The molecule has 17 heavy (non-hydrogen) atoms. The Morgan fingerprint density at radius 3 is 2.76 bits per heavy atom. The quantitative estimate of drug-likeness (QED) is 0.341. The lowest BCUT2D eigenvalue weighted by Gasteiger charge is -2.02. The molecule has 0 N–H and O–H groups in total. The summed E-state index contributed by atoms with van der Waals surface area (Å²) in [7, 11) is 0. The maximum atomic E-state index is 8.15. The van der Waals surface area contributed by atoms with Crippen molar-refractivity contribution in [3.05, 3.63) is 52.7 Å². The molecule has 0 radical (unpaired) electrons. The van der Waals surface area contributed by atoms with Gasteiger partial charge in [-0.3, -0.25) is 0 Å². The van der Waals surface area contributed by atoms with Crippen LogP contribution in [0.3, 0.4) is 0 Å². The molecule has 1 heterocycles. The number of nitrogens with zero attached hydrogens (tertiary/aromatic N) is 6. The molecule has 0 atom stereocenters. The summed E-state index contributed by atoms with van der Waals surface area (Å²) in [5.41, 5.74) is 10.4. The van der Waals surface area contributed by atoms with Crippen LogP contribution in [0.15, 0.2) is 41.8 Å². The van der Waals surface area contributed by atoms with Crippen LogP contribution in [-0.2, 0) is 6.42 Å². The van der Waals surface area contributed by atoms with Gasteiger partial charge >= 0.3 is 0 Å². The van der Waals surface area contributed by atoms with Gasteiger partial charge in [-0.1, -0.05) is 22.5 Å². The second-order valence-corrected chi connectivity index (χ2v) is 3.57. The highest BCUT2D eigenvalue weighted by atomic mass is 15.4. The Morgan fingerprint density at radius 1 is 1.29 bits per heavy atom. The van der Waals surface area contributed by atoms with Crippen molar-refractivity contribution in [2.75, 3.05) is 6.54 Å². The van der Waals surface area contributed by atoms with Crippen molar-refractivity contribution >= 4 is 0 Å². The average molecular weight is 228 g/mol. The minimum atomic E-state index is 0.543. The molecule has 2 aromatic rings. The Morgan fingerprint density at radius 2 is 2.12 bits per heavy atom. The highest BCUT2D eigenvalue weighted by Crippen LogP contribution is 2.09. The summed E-state index contributed by atoms with van der Waals surface area (Å²) >= 11 is 0. The van der Waals surface area contributed by atoms with Crippen LogP contribution in [0.1, 0.15) is 12.0 Å². The fourth-order valence-corrected chi connectivity index (χ4v) is 1.56. The van der Waals surface area contributed by atoms with Crippen LogP contribution in [-0.4, -0.2) is 21.5 Å². The molecule has 0 amide bonds. The van der Waals surface area contributed by atoms with E-state index in [-0.39, 0.29) is 0 Å². The van der Waals surface area contributed by atoms with Gasteiger partial charge in [-0.25, -0.2) is 4.68 Å². The smallest absolute Gasteiger partial charge is 0.0697 e. The van der Waals surface area contributed by atoms with Crippen LogP contribution < -0.4 is 0 Å². The molecule has 1 aromatic heterocycles. The maximum absolute atomic E-state index is 8.15. The first-order chi connectivity index (χ1) is 8.40. The molecule has 2 rings (SSSR count). The van der Waals surface area contributed by atoms with Crippen molar-refractivity contribution in [1.82, 2.24) is 15.0 Å². The van der Waals surface area contributed by atoms with Gasteiger partial charge < -0.3 is 0 Å². The van der Waals surface area contributed by atoms with E-state index in [2.05, 4.69) is 20.3 Å². The Hall–Kier alpha value is -2.33. The highest BCUT2D eigenvalue weighted by Gasteiger charge is 1.97. The summed E-state index contributed by atoms with van der Waals surface area (Å²) in [6.07, 6.45) is 5.23. The maximum Gasteiger partial charge on any atom is 0.0697 e. The van der Waals surface area contributed by atoms with Gasteiger partial charge in [0.1, 0.15) is 0 Å². The second kappa shape index (κ2) is 5.67. The topological polar surface area (TPSA) is 79.5 Å². The van der Waals surface area contributed by atoms with Crippen LogP contribution >= 0.6 is 0 Å². The zero-order valence-corrected chi connectivity index (χ0v) is 9.27. The molecule has 6 heteroatoms. The van der Waals surface area contributed by atoms with Crippen molar-refractivity contribution in [3.8, 4) is 5.69 Å².